The van der Waals surface area contributed by atoms with Gasteiger partial charge in [-0.05, 0) is 43.7 Å². The molecule has 1 aromatic heterocycles. The summed E-state index contributed by atoms with van der Waals surface area (Å²) in [7, 11) is -2.45. The fraction of sp³-hybridized carbons (Fsp3) is 0.190. The fourth-order valence-electron chi connectivity index (χ4n) is 3.08. The van der Waals surface area contributed by atoms with E-state index in [-0.39, 0.29) is 16.3 Å². The number of para-hydroxylation sites is 1. The number of benzene rings is 2. The van der Waals surface area contributed by atoms with Crippen molar-refractivity contribution in [3.05, 3.63) is 87.6 Å². The second-order valence-corrected chi connectivity index (χ2v) is 8.63. The van der Waals surface area contributed by atoms with E-state index in [1.165, 1.54) is 59.1 Å². The number of sulfonamides is 1. The molecule has 8 nitrogen and oxygen atoms in total. The third-order valence-corrected chi connectivity index (χ3v) is 5.87. The Morgan fingerprint density at radius 1 is 1.16 bits per heavy atom. The van der Waals surface area contributed by atoms with Crippen LogP contribution in [0.15, 0.2) is 64.3 Å². The van der Waals surface area contributed by atoms with Gasteiger partial charge in [-0.2, -0.15) is 5.10 Å². The summed E-state index contributed by atoms with van der Waals surface area (Å²) in [6, 6.07) is 12.4. The molecule has 10 heteroatoms. The molecule has 0 saturated carbocycles. The number of carbonyl (C=O) groups excluding carboxylic acids is 1. The van der Waals surface area contributed by atoms with Gasteiger partial charge in [0.2, 0.25) is 15.5 Å². The summed E-state index contributed by atoms with van der Waals surface area (Å²) in [4.78, 5) is 26.7. The maximum Gasteiger partial charge on any atom is 0.278 e. The first-order valence-corrected chi connectivity index (χ1v) is 10.8. The third kappa shape index (κ3) is 4.54. The molecule has 2 N–H and O–H groups in total. The molecule has 2 aromatic carbocycles. The molecular weight excluding hydrogens is 423 g/mol. The number of carbonyl (C=O) groups is 1. The number of aromatic nitrogens is 2. The summed E-state index contributed by atoms with van der Waals surface area (Å²) in [5.41, 5.74) is -0.0176. The molecule has 3 rings (SSSR count). The van der Waals surface area contributed by atoms with Gasteiger partial charge >= 0.3 is 0 Å². The number of hydrogen-bond acceptors (Lipinski definition) is 5. The minimum Gasteiger partial charge on any atom is -0.333 e. The molecule has 162 valence electrons. The Kier molecular flexibility index (Phi) is 6.05. The molecular formula is C21H21FN4O4S. The Labute approximate surface area is 178 Å². The zero-order chi connectivity index (χ0) is 22.9. The van der Waals surface area contributed by atoms with E-state index in [2.05, 4.69) is 5.10 Å². The maximum absolute atomic E-state index is 14.2. The molecule has 0 aliphatic rings. The Morgan fingerprint density at radius 2 is 1.84 bits per heavy atom. The Morgan fingerprint density at radius 3 is 2.48 bits per heavy atom. The summed E-state index contributed by atoms with van der Waals surface area (Å²) in [6.45, 7) is 3.25. The van der Waals surface area contributed by atoms with Crippen LogP contribution in [0.3, 0.4) is 0 Å². The van der Waals surface area contributed by atoms with Crippen molar-refractivity contribution in [2.24, 2.45) is 5.14 Å². The van der Waals surface area contributed by atoms with Gasteiger partial charge in [-0.3, -0.25) is 9.59 Å². The van der Waals surface area contributed by atoms with Crippen LogP contribution in [0.1, 0.15) is 34.7 Å². The van der Waals surface area contributed by atoms with Crippen molar-refractivity contribution in [3.63, 3.8) is 0 Å². The topological polar surface area (TPSA) is 115 Å². The number of hydrogen-bond donors (Lipinski definition) is 1. The van der Waals surface area contributed by atoms with Gasteiger partial charge in [-0.15, -0.1) is 0 Å². The van der Waals surface area contributed by atoms with Crippen molar-refractivity contribution in [1.29, 1.82) is 0 Å². The Bertz CT molecular complexity index is 1320. The first-order valence-electron chi connectivity index (χ1n) is 9.26. The van der Waals surface area contributed by atoms with Gasteiger partial charge in [0.25, 0.3) is 5.91 Å². The van der Waals surface area contributed by atoms with Crippen molar-refractivity contribution in [2.75, 3.05) is 7.05 Å². The zero-order valence-electron chi connectivity index (χ0n) is 17.1. The predicted molar refractivity (Wildman–Crippen MR) is 113 cm³/mol. The van der Waals surface area contributed by atoms with Crippen LogP contribution in [0.5, 0.6) is 0 Å². The van der Waals surface area contributed by atoms with Crippen molar-refractivity contribution in [3.8, 4) is 5.69 Å². The average Bonchev–Trinajstić information content (AvgIpc) is 2.72. The smallest absolute Gasteiger partial charge is 0.278 e. The summed E-state index contributed by atoms with van der Waals surface area (Å²) in [5, 5.41) is 9.29. The van der Waals surface area contributed by atoms with Crippen LogP contribution < -0.4 is 10.6 Å². The number of amides is 1. The summed E-state index contributed by atoms with van der Waals surface area (Å²) in [6.07, 6.45) is 0. The van der Waals surface area contributed by atoms with E-state index in [0.29, 0.717) is 11.3 Å². The Balaban J connectivity index is 2.00. The molecule has 1 unspecified atom stereocenters. The first-order chi connectivity index (χ1) is 14.5. The van der Waals surface area contributed by atoms with E-state index in [4.69, 9.17) is 5.14 Å². The summed E-state index contributed by atoms with van der Waals surface area (Å²) < 4.78 is 38.7. The van der Waals surface area contributed by atoms with Gasteiger partial charge in [-0.25, -0.2) is 22.6 Å². The normalized spacial score (nSPS) is 12.4. The molecule has 1 heterocycles. The van der Waals surface area contributed by atoms with E-state index in [0.717, 1.165) is 0 Å². The number of nitrogens with two attached hydrogens (primary N) is 1. The number of nitrogens with zero attached hydrogens (tertiary/aromatic N) is 3. The molecule has 0 aliphatic carbocycles. The predicted octanol–water partition coefficient (Wildman–Crippen LogP) is 2.16. The van der Waals surface area contributed by atoms with Crippen LogP contribution in [-0.4, -0.2) is 36.1 Å². The highest BCUT2D eigenvalue weighted by Gasteiger charge is 2.24. The fourth-order valence-corrected chi connectivity index (χ4v) is 3.65. The maximum atomic E-state index is 14.2. The van der Waals surface area contributed by atoms with Crippen LogP contribution in [0.2, 0.25) is 0 Å². The highest BCUT2D eigenvalue weighted by molar-refractivity contribution is 7.89. The van der Waals surface area contributed by atoms with Gasteiger partial charge in [0, 0.05) is 18.8 Å². The Hall–Kier alpha value is -3.37. The van der Waals surface area contributed by atoms with Crippen molar-refractivity contribution in [2.45, 2.75) is 24.8 Å². The second-order valence-electron chi connectivity index (χ2n) is 7.07. The molecule has 31 heavy (non-hydrogen) atoms. The van der Waals surface area contributed by atoms with E-state index in [9.17, 15) is 22.4 Å². The lowest BCUT2D eigenvalue weighted by atomic mass is 10.1. The quantitative estimate of drug-likeness (QED) is 0.648. The van der Waals surface area contributed by atoms with Gasteiger partial charge in [0.15, 0.2) is 5.69 Å². The van der Waals surface area contributed by atoms with E-state index in [1.807, 2.05) is 0 Å². The lowest BCUT2D eigenvalue weighted by Crippen LogP contribution is -2.35. The molecule has 3 aromatic rings. The number of primary sulfonamides is 1. The highest BCUT2D eigenvalue weighted by atomic mass is 32.2. The molecule has 0 bridgehead atoms. The highest BCUT2D eigenvalue weighted by Crippen LogP contribution is 2.22. The first kappa shape index (κ1) is 22.3. The third-order valence-electron chi connectivity index (χ3n) is 4.96. The lowest BCUT2D eigenvalue weighted by molar-refractivity contribution is 0.0733. The lowest BCUT2D eigenvalue weighted by Gasteiger charge is -2.25. The standard InChI is InChI=1S/C21H21FN4O4S/c1-13-11-19(27)20(24-26(13)18-10-5-4-9-17(18)22)21(28)25(3)14(2)15-7-6-8-16(12-15)31(23,29)30/h4-12,14H,1-3H3,(H2,23,29,30). The van der Waals surface area contributed by atoms with Gasteiger partial charge in [0.1, 0.15) is 11.5 Å². The zero-order valence-corrected chi connectivity index (χ0v) is 17.9. The number of halogens is 1. The average molecular weight is 444 g/mol. The van der Waals surface area contributed by atoms with E-state index < -0.39 is 33.2 Å². The van der Waals surface area contributed by atoms with Crippen molar-refractivity contribution < 1.29 is 17.6 Å². The number of aryl methyl sites for hydroxylation is 1. The monoisotopic (exact) mass is 444 g/mol. The van der Waals surface area contributed by atoms with Crippen LogP contribution in [-0.2, 0) is 10.0 Å². The molecule has 1 atom stereocenters. The molecule has 0 radical (unpaired) electrons. The van der Waals surface area contributed by atoms with Crippen LogP contribution >= 0.6 is 0 Å². The van der Waals surface area contributed by atoms with E-state index in [1.54, 1.807) is 26.0 Å². The molecule has 0 saturated heterocycles. The van der Waals surface area contributed by atoms with Crippen LogP contribution in [0.25, 0.3) is 5.69 Å². The molecule has 1 amide bonds. The minimum atomic E-state index is -3.91. The summed E-state index contributed by atoms with van der Waals surface area (Å²) >= 11 is 0. The molecule has 0 aliphatic heterocycles. The SMILES string of the molecule is Cc1cc(=O)c(C(=O)N(C)C(C)c2cccc(S(N)(=O)=O)c2)nn1-c1ccccc1F. The van der Waals surface area contributed by atoms with Gasteiger partial charge < -0.3 is 4.90 Å². The molecule has 0 spiro atoms. The summed E-state index contributed by atoms with van der Waals surface area (Å²) in [5.74, 6) is -1.25. The van der Waals surface area contributed by atoms with Gasteiger partial charge in [0.05, 0.1) is 10.9 Å². The largest absolute Gasteiger partial charge is 0.333 e. The minimum absolute atomic E-state index is 0.0898. The van der Waals surface area contributed by atoms with Crippen LogP contribution in [0, 0.1) is 12.7 Å². The molecule has 0 fully saturated rings. The van der Waals surface area contributed by atoms with E-state index >= 15 is 0 Å². The van der Waals surface area contributed by atoms with Crippen LogP contribution in [0.4, 0.5) is 4.39 Å². The van der Waals surface area contributed by atoms with Crippen molar-refractivity contribution >= 4 is 15.9 Å². The van der Waals surface area contributed by atoms with Crippen molar-refractivity contribution in [1.82, 2.24) is 14.7 Å². The number of rotatable bonds is 5. The second kappa shape index (κ2) is 8.40. The van der Waals surface area contributed by atoms with Gasteiger partial charge in [-0.1, -0.05) is 24.3 Å².